The number of benzene rings is 2. The molecule has 2 N–H and O–H groups in total. The minimum absolute atomic E-state index is 0.0203. The highest BCUT2D eigenvalue weighted by Crippen LogP contribution is 2.25. The summed E-state index contributed by atoms with van der Waals surface area (Å²) in [5.74, 6) is -0.259. The van der Waals surface area contributed by atoms with E-state index < -0.39 is 20.0 Å². The van der Waals surface area contributed by atoms with Gasteiger partial charge in [0.1, 0.15) is 0 Å². The van der Waals surface area contributed by atoms with Crippen molar-refractivity contribution in [2.75, 3.05) is 28.9 Å². The van der Waals surface area contributed by atoms with Gasteiger partial charge in [-0.1, -0.05) is 31.5 Å². The van der Waals surface area contributed by atoms with Gasteiger partial charge in [0.25, 0.3) is 0 Å². The molecule has 1 heterocycles. The van der Waals surface area contributed by atoms with Crippen LogP contribution in [-0.2, 0) is 31.3 Å². The predicted molar refractivity (Wildman–Crippen MR) is 130 cm³/mol. The molecule has 180 valence electrons. The Morgan fingerprint density at radius 1 is 0.939 bits per heavy atom. The van der Waals surface area contributed by atoms with Crippen LogP contribution in [0.25, 0.3) is 0 Å². The van der Waals surface area contributed by atoms with Crippen molar-refractivity contribution in [3.05, 3.63) is 53.6 Å². The largest absolute Gasteiger partial charge is 0.325 e. The quantitative estimate of drug-likeness (QED) is 0.555. The molecule has 8 nitrogen and oxygen atoms in total. The Labute approximate surface area is 196 Å². The molecule has 0 atom stereocenters. The van der Waals surface area contributed by atoms with Crippen LogP contribution in [-0.4, -0.2) is 45.9 Å². The highest BCUT2D eigenvalue weighted by Gasteiger charge is 2.25. The lowest BCUT2D eigenvalue weighted by Gasteiger charge is -2.25. The average Bonchev–Trinajstić information content (AvgIpc) is 2.77. The van der Waals surface area contributed by atoms with Gasteiger partial charge in [0, 0.05) is 18.8 Å². The number of piperidine rings is 1. The van der Waals surface area contributed by atoms with Crippen molar-refractivity contribution in [3.8, 4) is 0 Å². The van der Waals surface area contributed by atoms with Crippen LogP contribution < -0.4 is 10.0 Å². The van der Waals surface area contributed by atoms with E-state index in [9.17, 15) is 21.6 Å². The van der Waals surface area contributed by atoms with E-state index >= 15 is 0 Å². The topological polar surface area (TPSA) is 113 Å². The zero-order valence-corrected chi connectivity index (χ0v) is 20.6. The second-order valence-corrected chi connectivity index (χ2v) is 12.0. The number of nitrogens with zero attached hydrogens (tertiary/aromatic N) is 1. The normalized spacial score (nSPS) is 15.2. The van der Waals surface area contributed by atoms with Crippen molar-refractivity contribution in [1.82, 2.24) is 4.31 Å². The first kappa shape index (κ1) is 25.2. The van der Waals surface area contributed by atoms with Gasteiger partial charge in [-0.25, -0.2) is 16.8 Å². The minimum atomic E-state index is -3.51. The Balaban J connectivity index is 1.66. The summed E-state index contributed by atoms with van der Waals surface area (Å²) >= 11 is 0. The molecule has 0 bridgehead atoms. The maximum absolute atomic E-state index is 12.8. The molecule has 2 aromatic rings. The molecule has 33 heavy (non-hydrogen) atoms. The molecule has 0 aliphatic carbocycles. The van der Waals surface area contributed by atoms with Crippen LogP contribution in [0.3, 0.4) is 0 Å². The van der Waals surface area contributed by atoms with Crippen LogP contribution in [0, 0.1) is 6.92 Å². The summed E-state index contributed by atoms with van der Waals surface area (Å²) in [6.07, 6.45) is 3.36. The standard InChI is InChI=1S/C23H31N3O5S2/c1-3-16-32(28,29)25-22-9-7-8-21(18(22)2)24-23(27)17-19-10-12-20(13-11-19)33(30,31)26-14-5-4-6-15-26/h7-13,25H,3-6,14-17H2,1-2H3,(H,24,27). The number of hydrogen-bond acceptors (Lipinski definition) is 5. The smallest absolute Gasteiger partial charge is 0.243 e. The van der Waals surface area contributed by atoms with E-state index in [2.05, 4.69) is 10.0 Å². The van der Waals surface area contributed by atoms with E-state index in [4.69, 9.17) is 0 Å². The molecule has 0 aromatic heterocycles. The van der Waals surface area contributed by atoms with E-state index in [-0.39, 0.29) is 23.0 Å². The summed E-state index contributed by atoms with van der Waals surface area (Å²) in [7, 11) is -6.95. The Hall–Kier alpha value is -2.43. The lowest BCUT2D eigenvalue weighted by atomic mass is 10.1. The fourth-order valence-electron chi connectivity index (χ4n) is 3.78. The fourth-order valence-corrected chi connectivity index (χ4v) is 6.50. The van der Waals surface area contributed by atoms with Crippen molar-refractivity contribution in [1.29, 1.82) is 0 Å². The summed E-state index contributed by atoms with van der Waals surface area (Å²) in [6.45, 7) is 4.61. The second kappa shape index (κ2) is 10.7. The van der Waals surface area contributed by atoms with Crippen LogP contribution in [0.5, 0.6) is 0 Å². The van der Waals surface area contributed by atoms with E-state index in [1.165, 1.54) is 4.31 Å². The Bertz CT molecular complexity index is 1190. The fraction of sp³-hybridized carbons (Fsp3) is 0.435. The number of carbonyl (C=O) groups is 1. The van der Waals surface area contributed by atoms with Crippen molar-refractivity contribution in [2.45, 2.75) is 50.8 Å². The van der Waals surface area contributed by atoms with Gasteiger partial charge in [-0.3, -0.25) is 9.52 Å². The molecule has 1 aliphatic rings. The molecule has 0 unspecified atom stereocenters. The average molecular weight is 494 g/mol. The van der Waals surface area contributed by atoms with Crippen LogP contribution in [0.2, 0.25) is 0 Å². The van der Waals surface area contributed by atoms with Gasteiger partial charge in [0.05, 0.1) is 22.8 Å². The molecule has 0 saturated carbocycles. The summed E-state index contributed by atoms with van der Waals surface area (Å²) in [5, 5.41) is 2.81. The number of anilines is 2. The number of sulfonamides is 2. The molecule has 0 radical (unpaired) electrons. The third-order valence-electron chi connectivity index (χ3n) is 5.59. The van der Waals surface area contributed by atoms with E-state index in [1.54, 1.807) is 56.3 Å². The molecule has 1 fully saturated rings. The molecule has 0 spiro atoms. The third-order valence-corrected chi connectivity index (χ3v) is 8.98. The molecular weight excluding hydrogens is 462 g/mol. The van der Waals surface area contributed by atoms with Crippen LogP contribution >= 0.6 is 0 Å². The van der Waals surface area contributed by atoms with Crippen molar-refractivity contribution >= 4 is 37.3 Å². The molecule has 10 heteroatoms. The zero-order chi connectivity index (χ0) is 24.1. The Morgan fingerprint density at radius 3 is 2.21 bits per heavy atom. The summed E-state index contributed by atoms with van der Waals surface area (Å²) in [5.41, 5.74) is 2.24. The maximum atomic E-state index is 12.8. The Morgan fingerprint density at radius 2 is 1.58 bits per heavy atom. The SMILES string of the molecule is CCCS(=O)(=O)Nc1cccc(NC(=O)Cc2ccc(S(=O)(=O)N3CCCCC3)cc2)c1C. The van der Waals surface area contributed by atoms with E-state index in [0.29, 0.717) is 42.0 Å². The van der Waals surface area contributed by atoms with Gasteiger partial charge < -0.3 is 5.32 Å². The third kappa shape index (κ3) is 6.55. The van der Waals surface area contributed by atoms with Crippen molar-refractivity contribution in [3.63, 3.8) is 0 Å². The second-order valence-electron chi connectivity index (χ2n) is 8.23. The molecule has 2 aromatic carbocycles. The highest BCUT2D eigenvalue weighted by atomic mass is 32.2. The van der Waals surface area contributed by atoms with E-state index in [1.807, 2.05) is 0 Å². The minimum Gasteiger partial charge on any atom is -0.325 e. The molecule has 3 rings (SSSR count). The summed E-state index contributed by atoms with van der Waals surface area (Å²) in [4.78, 5) is 12.8. The van der Waals surface area contributed by atoms with Crippen LogP contribution in [0.4, 0.5) is 11.4 Å². The molecule has 1 amide bonds. The van der Waals surface area contributed by atoms with Gasteiger partial charge in [0.2, 0.25) is 26.0 Å². The number of nitrogens with one attached hydrogen (secondary N) is 2. The van der Waals surface area contributed by atoms with Gasteiger partial charge in [0.15, 0.2) is 0 Å². The number of rotatable bonds is 9. The van der Waals surface area contributed by atoms with E-state index in [0.717, 1.165) is 19.3 Å². The van der Waals surface area contributed by atoms with Crippen LogP contribution in [0.15, 0.2) is 47.4 Å². The van der Waals surface area contributed by atoms with Crippen molar-refractivity contribution in [2.24, 2.45) is 0 Å². The number of amides is 1. The highest BCUT2D eigenvalue weighted by molar-refractivity contribution is 7.92. The lowest BCUT2D eigenvalue weighted by Crippen LogP contribution is -2.35. The van der Waals surface area contributed by atoms with Gasteiger partial charge in [-0.15, -0.1) is 0 Å². The maximum Gasteiger partial charge on any atom is 0.243 e. The zero-order valence-electron chi connectivity index (χ0n) is 19.0. The molecule has 1 saturated heterocycles. The summed E-state index contributed by atoms with van der Waals surface area (Å²) < 4.78 is 53.8. The number of hydrogen-bond donors (Lipinski definition) is 2. The van der Waals surface area contributed by atoms with Crippen LogP contribution in [0.1, 0.15) is 43.7 Å². The predicted octanol–water partition coefficient (Wildman–Crippen LogP) is 3.50. The molecular formula is C23H31N3O5S2. The lowest BCUT2D eigenvalue weighted by molar-refractivity contribution is -0.115. The van der Waals surface area contributed by atoms with Crippen molar-refractivity contribution < 1.29 is 21.6 Å². The number of carbonyl (C=O) groups excluding carboxylic acids is 1. The van der Waals surface area contributed by atoms with Gasteiger partial charge in [-0.05, 0) is 61.6 Å². The monoisotopic (exact) mass is 493 g/mol. The summed E-state index contributed by atoms with van der Waals surface area (Å²) in [6, 6.07) is 11.4. The van der Waals surface area contributed by atoms with Gasteiger partial charge >= 0.3 is 0 Å². The Kier molecular flexibility index (Phi) is 8.14. The molecule has 1 aliphatic heterocycles. The first-order valence-electron chi connectivity index (χ1n) is 11.1. The first-order chi connectivity index (χ1) is 15.6. The first-order valence-corrected chi connectivity index (χ1v) is 14.2. The van der Waals surface area contributed by atoms with Gasteiger partial charge in [-0.2, -0.15) is 4.31 Å².